The van der Waals surface area contributed by atoms with Gasteiger partial charge in [-0.2, -0.15) is 0 Å². The zero-order valence-electron chi connectivity index (χ0n) is 18.7. The molecule has 0 aromatic heterocycles. The van der Waals surface area contributed by atoms with E-state index in [4.69, 9.17) is 23.7 Å². The molecule has 7 nitrogen and oxygen atoms in total. The fraction of sp³-hybridized carbons (Fsp3) is 0.542. The fourth-order valence-electron chi connectivity index (χ4n) is 3.31. The van der Waals surface area contributed by atoms with Crippen LogP contribution in [0.25, 0.3) is 0 Å². The number of fused-ring (bicyclic) bond motifs is 1. The number of hydrogen-bond acceptors (Lipinski definition) is 7. The summed E-state index contributed by atoms with van der Waals surface area (Å²) in [6, 6.07) is 3.50. The molecule has 0 saturated carbocycles. The number of methoxy groups -OCH3 is 2. The predicted octanol–water partition coefficient (Wildman–Crippen LogP) is 3.80. The molecule has 1 aliphatic heterocycles. The van der Waals surface area contributed by atoms with E-state index in [9.17, 15) is 9.90 Å². The average molecular weight is 433 g/mol. The molecule has 0 saturated heterocycles. The molecule has 170 valence electrons. The Morgan fingerprint density at radius 3 is 2.58 bits per heavy atom. The van der Waals surface area contributed by atoms with Gasteiger partial charge < -0.3 is 28.8 Å². The van der Waals surface area contributed by atoms with E-state index >= 15 is 0 Å². The van der Waals surface area contributed by atoms with Gasteiger partial charge in [-0.3, -0.25) is 0 Å². The van der Waals surface area contributed by atoms with E-state index in [-0.39, 0.29) is 18.4 Å². The van der Waals surface area contributed by atoms with Gasteiger partial charge in [0.15, 0.2) is 6.29 Å². The maximum absolute atomic E-state index is 12.2. The number of hydrogen-bond donors (Lipinski definition) is 1. The Hall–Kier alpha value is -2.53. The summed E-state index contributed by atoms with van der Waals surface area (Å²) >= 11 is 0. The second kappa shape index (κ2) is 13.0. The molecule has 0 fully saturated rings. The van der Waals surface area contributed by atoms with E-state index in [2.05, 4.69) is 11.8 Å². The molecule has 31 heavy (non-hydrogen) atoms. The lowest BCUT2D eigenvalue weighted by atomic mass is 9.99. The molecule has 0 bridgehead atoms. The third kappa shape index (κ3) is 7.28. The van der Waals surface area contributed by atoms with E-state index < -0.39 is 6.10 Å². The second-order valence-corrected chi connectivity index (χ2v) is 6.86. The first-order valence-electron chi connectivity index (χ1n) is 10.6. The molecular weight excluding hydrogens is 400 g/mol. The number of aliphatic hydroxyl groups is 1. The van der Waals surface area contributed by atoms with Gasteiger partial charge in [0, 0.05) is 24.8 Å². The van der Waals surface area contributed by atoms with Crippen LogP contribution < -0.4 is 9.47 Å². The van der Waals surface area contributed by atoms with Crippen molar-refractivity contribution in [2.75, 3.05) is 27.4 Å². The van der Waals surface area contributed by atoms with Gasteiger partial charge in [-0.25, -0.2) is 4.79 Å². The summed E-state index contributed by atoms with van der Waals surface area (Å²) in [5.74, 6) is 6.37. The van der Waals surface area contributed by atoms with Gasteiger partial charge in [0.05, 0.1) is 20.6 Å². The molecule has 7 heteroatoms. The largest absolute Gasteiger partial charge is 0.497 e. The summed E-state index contributed by atoms with van der Waals surface area (Å²) < 4.78 is 27.0. The minimum atomic E-state index is -0.845. The summed E-state index contributed by atoms with van der Waals surface area (Å²) in [5, 5.41) is 9.97. The highest BCUT2D eigenvalue weighted by Crippen LogP contribution is 2.41. The zero-order valence-corrected chi connectivity index (χ0v) is 18.7. The van der Waals surface area contributed by atoms with Crippen LogP contribution in [-0.4, -0.2) is 50.9 Å². The molecule has 2 atom stereocenters. The van der Waals surface area contributed by atoms with E-state index in [0.29, 0.717) is 43.1 Å². The summed E-state index contributed by atoms with van der Waals surface area (Å²) in [6.45, 7) is 4.90. The van der Waals surface area contributed by atoms with Crippen molar-refractivity contribution in [3.8, 4) is 23.3 Å². The molecular formula is C24H32O7. The van der Waals surface area contributed by atoms with Crippen LogP contribution in [-0.2, 0) is 14.2 Å². The standard InChI is InChI=1S/C24H32O7/c1-5-29-22(30-6-2)14-10-12-17(25)11-8-7-9-13-20-19-15-18(27-3)16-21(28-4)23(19)24(26)31-20/h8,11,15-17,20,22,25H,5-7,9,13-14H2,1-4H3/b11-8+/t17-,20-/m1/s1. The first-order valence-corrected chi connectivity index (χ1v) is 10.6. The van der Waals surface area contributed by atoms with E-state index in [1.54, 1.807) is 19.3 Å². The minimum Gasteiger partial charge on any atom is -0.497 e. The quantitative estimate of drug-likeness (QED) is 0.177. The third-order valence-electron chi connectivity index (χ3n) is 4.74. The summed E-state index contributed by atoms with van der Waals surface area (Å²) in [4.78, 5) is 12.2. The Morgan fingerprint density at radius 1 is 1.19 bits per heavy atom. The van der Waals surface area contributed by atoms with Crippen LogP contribution in [0.1, 0.15) is 61.6 Å². The number of esters is 1. The molecule has 1 N–H and O–H groups in total. The van der Waals surface area contributed by atoms with Crippen molar-refractivity contribution < 1.29 is 33.6 Å². The van der Waals surface area contributed by atoms with Crippen LogP contribution in [0.3, 0.4) is 0 Å². The number of ether oxygens (including phenoxy) is 5. The fourth-order valence-corrected chi connectivity index (χ4v) is 3.31. The third-order valence-corrected chi connectivity index (χ3v) is 4.74. The van der Waals surface area contributed by atoms with Crippen LogP contribution in [0.2, 0.25) is 0 Å². The number of aliphatic hydroxyl groups excluding tert-OH is 1. The van der Waals surface area contributed by atoms with Gasteiger partial charge in [0.1, 0.15) is 29.3 Å². The monoisotopic (exact) mass is 432 g/mol. The van der Waals surface area contributed by atoms with Crippen LogP contribution in [0.5, 0.6) is 11.5 Å². The first-order chi connectivity index (χ1) is 15.0. The number of carbonyl (C=O) groups is 1. The number of rotatable bonds is 12. The van der Waals surface area contributed by atoms with Crippen LogP contribution in [0.15, 0.2) is 24.3 Å². The topological polar surface area (TPSA) is 83.5 Å². The molecule has 1 aromatic carbocycles. The van der Waals surface area contributed by atoms with Crippen molar-refractivity contribution in [1.82, 2.24) is 0 Å². The maximum atomic E-state index is 12.2. The lowest BCUT2D eigenvalue weighted by Gasteiger charge is -2.13. The average Bonchev–Trinajstić information content (AvgIpc) is 3.08. The van der Waals surface area contributed by atoms with Gasteiger partial charge in [-0.1, -0.05) is 17.9 Å². The van der Waals surface area contributed by atoms with Crippen molar-refractivity contribution in [2.24, 2.45) is 0 Å². The molecule has 0 amide bonds. The maximum Gasteiger partial charge on any atom is 0.342 e. The second-order valence-electron chi connectivity index (χ2n) is 6.86. The number of unbranched alkanes of at least 4 members (excludes halogenated alkanes) is 1. The number of allylic oxidation sites excluding steroid dienone is 1. The Morgan fingerprint density at radius 2 is 1.94 bits per heavy atom. The lowest BCUT2D eigenvalue weighted by Crippen LogP contribution is -2.16. The Balaban J connectivity index is 1.83. The van der Waals surface area contributed by atoms with E-state index in [1.807, 2.05) is 26.0 Å². The molecule has 1 aromatic rings. The van der Waals surface area contributed by atoms with Crippen molar-refractivity contribution in [3.63, 3.8) is 0 Å². The summed E-state index contributed by atoms with van der Waals surface area (Å²) in [6.07, 6.45) is 4.57. The van der Waals surface area contributed by atoms with Crippen LogP contribution >= 0.6 is 0 Å². The van der Waals surface area contributed by atoms with Gasteiger partial charge >= 0.3 is 5.97 Å². The highest BCUT2D eigenvalue weighted by atomic mass is 16.7. The molecule has 0 spiro atoms. The first kappa shape index (κ1) is 24.7. The highest BCUT2D eigenvalue weighted by molar-refractivity contribution is 5.97. The van der Waals surface area contributed by atoms with Crippen LogP contribution in [0.4, 0.5) is 0 Å². The van der Waals surface area contributed by atoms with E-state index in [0.717, 1.165) is 18.4 Å². The van der Waals surface area contributed by atoms with Gasteiger partial charge in [0.25, 0.3) is 0 Å². The van der Waals surface area contributed by atoms with Crippen molar-refractivity contribution in [3.05, 3.63) is 35.4 Å². The lowest BCUT2D eigenvalue weighted by molar-refractivity contribution is -0.131. The summed E-state index contributed by atoms with van der Waals surface area (Å²) in [7, 11) is 3.09. The summed E-state index contributed by atoms with van der Waals surface area (Å²) in [5.41, 5.74) is 1.25. The number of benzene rings is 1. The molecule has 2 rings (SSSR count). The number of carbonyl (C=O) groups excluding carboxylic acids is 1. The zero-order chi connectivity index (χ0) is 22.6. The van der Waals surface area contributed by atoms with Crippen LogP contribution in [0, 0.1) is 11.8 Å². The van der Waals surface area contributed by atoms with Crippen molar-refractivity contribution in [2.45, 2.75) is 58.0 Å². The smallest absolute Gasteiger partial charge is 0.342 e. The Labute approximate surface area is 184 Å². The van der Waals surface area contributed by atoms with Gasteiger partial charge in [-0.05, 0) is 45.3 Å². The normalized spacial score (nSPS) is 16.1. The molecule has 0 aliphatic carbocycles. The number of cyclic esters (lactones) is 1. The van der Waals surface area contributed by atoms with Gasteiger partial charge in [0.2, 0.25) is 0 Å². The van der Waals surface area contributed by atoms with E-state index in [1.165, 1.54) is 7.11 Å². The highest BCUT2D eigenvalue weighted by Gasteiger charge is 2.34. The minimum absolute atomic E-state index is 0.335. The van der Waals surface area contributed by atoms with Crippen molar-refractivity contribution >= 4 is 5.97 Å². The predicted molar refractivity (Wildman–Crippen MR) is 116 cm³/mol. The Bertz CT molecular complexity index is 800. The molecule has 0 radical (unpaired) electrons. The molecule has 0 unspecified atom stereocenters. The SMILES string of the molecule is CCOC(CC#C[C@H](O)/C=C/CCC[C@H]1OC(=O)c2c(OC)cc(OC)cc21)OCC. The van der Waals surface area contributed by atoms with Crippen molar-refractivity contribution in [1.29, 1.82) is 0 Å². The molecule has 1 heterocycles. The Kier molecular flexibility index (Phi) is 10.4. The van der Waals surface area contributed by atoms with Gasteiger partial charge in [-0.15, -0.1) is 0 Å². The molecule has 1 aliphatic rings.